The van der Waals surface area contributed by atoms with Gasteiger partial charge in [-0.3, -0.25) is 4.79 Å². The average Bonchev–Trinajstić information content (AvgIpc) is 3.67. The second-order valence-electron chi connectivity index (χ2n) is 9.83. The van der Waals surface area contributed by atoms with Gasteiger partial charge < -0.3 is 24.4 Å². The first-order valence-electron chi connectivity index (χ1n) is 12.9. The van der Waals surface area contributed by atoms with Crippen LogP contribution in [-0.4, -0.2) is 57.4 Å². The molecule has 192 valence electrons. The van der Waals surface area contributed by atoms with Crippen molar-refractivity contribution >= 4 is 27.3 Å². The molecule has 0 radical (unpaired) electrons. The van der Waals surface area contributed by atoms with Crippen LogP contribution in [0.25, 0.3) is 10.1 Å². The van der Waals surface area contributed by atoms with Crippen molar-refractivity contribution in [2.75, 3.05) is 40.5 Å². The molecule has 36 heavy (non-hydrogen) atoms. The maximum atomic E-state index is 14.1. The van der Waals surface area contributed by atoms with Crippen LogP contribution in [0.1, 0.15) is 41.9 Å². The van der Waals surface area contributed by atoms with E-state index in [9.17, 15) is 4.79 Å². The summed E-state index contributed by atoms with van der Waals surface area (Å²) in [4.78, 5) is 16.3. The van der Waals surface area contributed by atoms with Crippen LogP contribution < -0.4 is 10.1 Å². The van der Waals surface area contributed by atoms with Crippen LogP contribution in [0.15, 0.2) is 47.8 Å². The van der Waals surface area contributed by atoms with Crippen molar-refractivity contribution in [1.82, 2.24) is 10.2 Å². The van der Waals surface area contributed by atoms with Gasteiger partial charge >= 0.3 is 0 Å². The van der Waals surface area contributed by atoms with Crippen molar-refractivity contribution in [3.8, 4) is 5.75 Å². The third-order valence-electron chi connectivity index (χ3n) is 7.30. The zero-order chi connectivity index (χ0) is 24.9. The summed E-state index contributed by atoms with van der Waals surface area (Å²) in [7, 11) is 3.35. The molecule has 1 aliphatic carbocycles. The topological polar surface area (TPSA) is 60.0 Å². The molecule has 6 nitrogen and oxygen atoms in total. The first kappa shape index (κ1) is 25.2. The number of fused-ring (bicyclic) bond motifs is 1. The maximum absolute atomic E-state index is 14.1. The lowest BCUT2D eigenvalue weighted by Gasteiger charge is -2.35. The van der Waals surface area contributed by atoms with E-state index >= 15 is 0 Å². The van der Waals surface area contributed by atoms with Gasteiger partial charge in [-0.2, -0.15) is 0 Å². The van der Waals surface area contributed by atoms with Gasteiger partial charge in [0.25, 0.3) is 0 Å². The molecule has 0 unspecified atom stereocenters. The van der Waals surface area contributed by atoms with E-state index in [-0.39, 0.29) is 17.7 Å². The highest BCUT2D eigenvalue weighted by Gasteiger charge is 2.40. The van der Waals surface area contributed by atoms with Gasteiger partial charge in [-0.1, -0.05) is 24.3 Å². The molecule has 1 saturated carbocycles. The minimum atomic E-state index is -0.0557. The van der Waals surface area contributed by atoms with Gasteiger partial charge in [0.2, 0.25) is 5.91 Å². The minimum Gasteiger partial charge on any atom is -0.497 e. The Balaban J connectivity index is 1.36. The molecule has 2 aliphatic rings. The fraction of sp³-hybridized carbons (Fsp3) is 0.483. The monoisotopic (exact) mass is 508 g/mol. The number of thiophene rings is 1. The summed E-state index contributed by atoms with van der Waals surface area (Å²) in [5, 5.41) is 7.08. The molecule has 3 aromatic rings. The Labute approximate surface area is 217 Å². The molecule has 2 aromatic carbocycles. The minimum absolute atomic E-state index is 0.0557. The number of rotatable bonds is 11. The average molecular weight is 509 g/mol. The van der Waals surface area contributed by atoms with Gasteiger partial charge in [-0.15, -0.1) is 11.3 Å². The molecular weight excluding hydrogens is 472 g/mol. The van der Waals surface area contributed by atoms with E-state index in [2.05, 4.69) is 45.9 Å². The van der Waals surface area contributed by atoms with Crippen LogP contribution in [-0.2, 0) is 27.4 Å². The lowest BCUT2D eigenvalue weighted by atomic mass is 9.80. The van der Waals surface area contributed by atoms with Crippen LogP contribution >= 0.6 is 11.3 Å². The molecule has 0 bridgehead atoms. The summed E-state index contributed by atoms with van der Waals surface area (Å²) in [5.74, 6) is 1.25. The summed E-state index contributed by atoms with van der Waals surface area (Å²) in [5.41, 5.74) is 3.47. The van der Waals surface area contributed by atoms with E-state index in [1.807, 2.05) is 12.1 Å². The van der Waals surface area contributed by atoms with Crippen LogP contribution in [0.2, 0.25) is 0 Å². The van der Waals surface area contributed by atoms with Crippen molar-refractivity contribution in [2.45, 2.75) is 44.4 Å². The first-order valence-corrected chi connectivity index (χ1v) is 13.8. The zero-order valence-electron chi connectivity index (χ0n) is 21.2. The molecule has 0 spiro atoms. The number of carbonyl (C=O) groups is 1. The number of hydrogen-bond donors (Lipinski definition) is 1. The molecule has 5 rings (SSSR count). The van der Waals surface area contributed by atoms with E-state index in [0.717, 1.165) is 49.2 Å². The van der Waals surface area contributed by atoms with E-state index < -0.39 is 0 Å². The predicted octanol–water partition coefficient (Wildman–Crippen LogP) is 4.96. The van der Waals surface area contributed by atoms with E-state index in [1.165, 1.54) is 15.6 Å². The number of methoxy groups -OCH3 is 2. The third kappa shape index (κ3) is 5.75. The second-order valence-corrected chi connectivity index (χ2v) is 10.7. The smallest absolute Gasteiger partial charge is 0.228 e. The molecule has 7 heteroatoms. The number of benzene rings is 2. The first-order chi connectivity index (χ1) is 17.7. The van der Waals surface area contributed by atoms with Crippen LogP contribution in [0, 0.1) is 5.92 Å². The van der Waals surface area contributed by atoms with E-state index in [4.69, 9.17) is 14.2 Å². The zero-order valence-corrected chi connectivity index (χ0v) is 22.0. The Morgan fingerprint density at radius 2 is 1.92 bits per heavy atom. The number of piperidine rings is 1. The van der Waals surface area contributed by atoms with Gasteiger partial charge in [0.05, 0.1) is 32.8 Å². The summed E-state index contributed by atoms with van der Waals surface area (Å²) in [6.07, 6.45) is 3.14. The molecule has 1 saturated heterocycles. The molecule has 1 amide bonds. The maximum Gasteiger partial charge on any atom is 0.228 e. The lowest BCUT2D eigenvalue weighted by Crippen LogP contribution is -2.47. The van der Waals surface area contributed by atoms with Crippen molar-refractivity contribution in [2.24, 2.45) is 5.92 Å². The summed E-state index contributed by atoms with van der Waals surface area (Å²) < 4.78 is 17.7. The Morgan fingerprint density at radius 3 is 2.72 bits per heavy atom. The number of carbonyl (C=O) groups excluding carboxylic acids is 1. The summed E-state index contributed by atoms with van der Waals surface area (Å²) >= 11 is 1.79. The van der Waals surface area contributed by atoms with E-state index in [0.29, 0.717) is 32.4 Å². The van der Waals surface area contributed by atoms with Crippen molar-refractivity contribution in [1.29, 1.82) is 0 Å². The number of ether oxygens (including phenoxy) is 3. The lowest BCUT2D eigenvalue weighted by molar-refractivity contribution is -0.138. The number of hydrogen-bond acceptors (Lipinski definition) is 6. The normalized spacial score (nSPS) is 19.9. The largest absolute Gasteiger partial charge is 0.497 e. The predicted molar refractivity (Wildman–Crippen MR) is 144 cm³/mol. The van der Waals surface area contributed by atoms with Gasteiger partial charge in [-0.05, 0) is 77.4 Å². The fourth-order valence-corrected chi connectivity index (χ4v) is 6.34. The fourth-order valence-electron chi connectivity index (χ4n) is 5.31. The quantitative estimate of drug-likeness (QED) is 0.371. The van der Waals surface area contributed by atoms with E-state index in [1.54, 1.807) is 25.6 Å². The molecule has 1 N–H and O–H groups in total. The third-order valence-corrected chi connectivity index (χ3v) is 8.28. The number of nitrogens with zero attached hydrogens (tertiary/aromatic N) is 1. The Kier molecular flexibility index (Phi) is 8.22. The molecular formula is C29H36N2O4S. The van der Waals surface area contributed by atoms with Gasteiger partial charge in [0, 0.05) is 30.9 Å². The Bertz CT molecular complexity index is 1180. The standard InChI is InChI=1S/C29H36N2O4S/c1-33-11-12-35-18-21-13-20(14-23(15-21)34-2)17-31(22-7-8-22)29(32)26-16-30-10-9-24(26)27-19-36-28-6-4-3-5-25(27)28/h3-6,13-15,19,22,24,26,30H,7-12,16-18H2,1-2H3/t24-,26-/m0/s1. The highest BCUT2D eigenvalue weighted by Crippen LogP contribution is 2.40. The molecule has 1 aliphatic heterocycles. The highest BCUT2D eigenvalue weighted by molar-refractivity contribution is 7.17. The van der Waals surface area contributed by atoms with Crippen molar-refractivity contribution in [3.63, 3.8) is 0 Å². The number of nitrogens with one attached hydrogen (secondary N) is 1. The Morgan fingerprint density at radius 1 is 1.08 bits per heavy atom. The number of amides is 1. The SMILES string of the molecule is COCCOCc1cc(CN(C(=O)[C@H]2CNCC[C@@H]2c2csc3ccccc23)C2CC2)cc(OC)c1. The molecule has 2 heterocycles. The van der Waals surface area contributed by atoms with Crippen molar-refractivity contribution in [3.05, 3.63) is 64.5 Å². The Hall–Kier alpha value is -2.45. The summed E-state index contributed by atoms with van der Waals surface area (Å²) in [6.45, 7) is 3.88. The van der Waals surface area contributed by atoms with Gasteiger partial charge in [-0.25, -0.2) is 0 Å². The highest BCUT2D eigenvalue weighted by atomic mass is 32.1. The summed E-state index contributed by atoms with van der Waals surface area (Å²) in [6, 6.07) is 15.1. The molecule has 2 atom stereocenters. The van der Waals surface area contributed by atoms with Gasteiger partial charge in [0.1, 0.15) is 5.75 Å². The van der Waals surface area contributed by atoms with Crippen LogP contribution in [0.5, 0.6) is 5.75 Å². The van der Waals surface area contributed by atoms with Crippen molar-refractivity contribution < 1.29 is 19.0 Å². The van der Waals surface area contributed by atoms with Crippen LogP contribution in [0.4, 0.5) is 0 Å². The molecule has 1 aromatic heterocycles. The van der Waals surface area contributed by atoms with Crippen LogP contribution in [0.3, 0.4) is 0 Å². The second kappa shape index (κ2) is 11.7. The molecule has 2 fully saturated rings. The van der Waals surface area contributed by atoms with Gasteiger partial charge in [0.15, 0.2) is 0 Å².